The van der Waals surface area contributed by atoms with E-state index in [1.807, 2.05) is 110 Å². The average Bonchev–Trinajstić information content (AvgIpc) is 3.50. The van der Waals surface area contributed by atoms with Crippen LogP contribution in [0.1, 0.15) is 51.7 Å². The van der Waals surface area contributed by atoms with Crippen LogP contribution < -0.4 is 14.4 Å². The monoisotopic (exact) mass is 716 g/mol. The van der Waals surface area contributed by atoms with Crippen molar-refractivity contribution in [2.24, 2.45) is 13.0 Å². The van der Waals surface area contributed by atoms with E-state index in [0.29, 0.717) is 50.0 Å². The number of anilines is 1. The molecule has 0 radical (unpaired) electrons. The lowest BCUT2D eigenvalue weighted by atomic mass is 9.94. The molecule has 2 aliphatic rings. The summed E-state index contributed by atoms with van der Waals surface area (Å²) in [4.78, 5) is 24.5. The van der Waals surface area contributed by atoms with Crippen molar-refractivity contribution in [2.75, 3.05) is 44.2 Å². The minimum Gasteiger partial charge on any atom is -0.473 e. The molecule has 2 aromatic heterocycles. The molecule has 2 fully saturated rings. The van der Waals surface area contributed by atoms with Crippen molar-refractivity contribution in [2.45, 2.75) is 65.4 Å². The van der Waals surface area contributed by atoms with Crippen LogP contribution in [0.15, 0.2) is 91.0 Å². The van der Waals surface area contributed by atoms with Gasteiger partial charge < -0.3 is 24.0 Å². The highest BCUT2D eigenvalue weighted by molar-refractivity contribution is 6.01. The van der Waals surface area contributed by atoms with Gasteiger partial charge in [0.15, 0.2) is 0 Å². The molecule has 3 aromatic carbocycles. The molecule has 0 aliphatic carbocycles. The van der Waals surface area contributed by atoms with Gasteiger partial charge in [-0.25, -0.2) is 4.79 Å². The van der Waals surface area contributed by atoms with E-state index in [0.717, 1.165) is 72.3 Å². The Morgan fingerprint density at radius 3 is 2.15 bits per heavy atom. The molecule has 1 atom stereocenters. The van der Waals surface area contributed by atoms with E-state index in [4.69, 9.17) is 24.3 Å². The van der Waals surface area contributed by atoms with Gasteiger partial charge in [0.25, 0.3) is 0 Å². The Balaban J connectivity index is 1.05. The van der Waals surface area contributed by atoms with Crippen LogP contribution >= 0.6 is 0 Å². The summed E-state index contributed by atoms with van der Waals surface area (Å²) in [5.41, 5.74) is 5.62. The van der Waals surface area contributed by atoms with E-state index in [1.165, 1.54) is 5.69 Å². The first kappa shape index (κ1) is 36.3. The van der Waals surface area contributed by atoms with Crippen LogP contribution in [0, 0.1) is 5.92 Å². The predicted molar refractivity (Wildman–Crippen MR) is 209 cm³/mol. The molecular formula is C43H52N6O4. The van der Waals surface area contributed by atoms with E-state index in [-0.39, 0.29) is 6.09 Å². The van der Waals surface area contributed by atoms with Crippen LogP contribution in [0.25, 0.3) is 22.2 Å². The van der Waals surface area contributed by atoms with E-state index in [2.05, 4.69) is 34.9 Å². The third-order valence-corrected chi connectivity index (χ3v) is 10.2. The van der Waals surface area contributed by atoms with Gasteiger partial charge in [-0.05, 0) is 69.7 Å². The molecule has 0 spiro atoms. The lowest BCUT2D eigenvalue weighted by Gasteiger charge is -2.43. The number of benzene rings is 3. The number of piperidine rings is 1. The molecule has 0 bridgehead atoms. The summed E-state index contributed by atoms with van der Waals surface area (Å²) in [6, 6.07) is 30.9. The van der Waals surface area contributed by atoms with Crippen LogP contribution in [0.3, 0.4) is 0 Å². The third kappa shape index (κ3) is 8.76. The number of hydrogen-bond acceptors (Lipinski definition) is 8. The molecule has 7 rings (SSSR count). The van der Waals surface area contributed by atoms with Crippen LogP contribution in [-0.4, -0.2) is 81.6 Å². The number of ether oxygens (including phenoxy) is 3. The zero-order valence-electron chi connectivity index (χ0n) is 31.7. The number of aryl methyl sites for hydroxylation is 1. The van der Waals surface area contributed by atoms with E-state index in [1.54, 1.807) is 0 Å². The number of hydrogen-bond donors (Lipinski definition) is 0. The quantitative estimate of drug-likeness (QED) is 0.144. The Hall–Kier alpha value is -5.09. The van der Waals surface area contributed by atoms with Crippen molar-refractivity contribution >= 4 is 22.7 Å². The zero-order valence-corrected chi connectivity index (χ0v) is 31.7. The Labute approximate surface area is 313 Å². The summed E-state index contributed by atoms with van der Waals surface area (Å²) >= 11 is 0. The van der Waals surface area contributed by atoms with Crippen molar-refractivity contribution in [3.63, 3.8) is 0 Å². The molecule has 5 aromatic rings. The van der Waals surface area contributed by atoms with E-state index < -0.39 is 5.60 Å². The normalized spacial score (nSPS) is 17.3. The number of piperazine rings is 1. The summed E-state index contributed by atoms with van der Waals surface area (Å²) in [6.45, 7) is 14.1. The molecular weight excluding hydrogens is 665 g/mol. The summed E-state index contributed by atoms with van der Waals surface area (Å²) in [6.07, 6.45) is 2.03. The number of carbonyl (C=O) groups excluding carboxylic acids is 1. The summed E-state index contributed by atoms with van der Waals surface area (Å²) in [5.74, 6) is 1.61. The second kappa shape index (κ2) is 15.9. The maximum Gasteiger partial charge on any atom is 0.410 e. The summed E-state index contributed by atoms with van der Waals surface area (Å²) in [5, 5.41) is 6.14. The maximum absolute atomic E-state index is 12.7. The number of aromatic nitrogens is 3. The van der Waals surface area contributed by atoms with Gasteiger partial charge in [-0.15, -0.1) is 0 Å². The van der Waals surface area contributed by atoms with Crippen LogP contribution in [0.2, 0.25) is 0 Å². The third-order valence-electron chi connectivity index (χ3n) is 10.2. The van der Waals surface area contributed by atoms with Crippen LogP contribution in [0.4, 0.5) is 10.5 Å². The van der Waals surface area contributed by atoms with Gasteiger partial charge >= 0.3 is 6.09 Å². The van der Waals surface area contributed by atoms with Gasteiger partial charge in [-0.3, -0.25) is 9.58 Å². The van der Waals surface area contributed by atoms with Gasteiger partial charge in [-0.2, -0.15) is 10.1 Å². The molecule has 0 N–H and O–H groups in total. The number of amides is 1. The first-order valence-corrected chi connectivity index (χ1v) is 18.9. The fourth-order valence-electron chi connectivity index (χ4n) is 7.47. The van der Waals surface area contributed by atoms with Crippen LogP contribution in [0.5, 0.6) is 11.8 Å². The highest BCUT2D eigenvalue weighted by atomic mass is 16.6. The molecule has 10 nitrogen and oxygen atoms in total. The molecule has 2 saturated heterocycles. The predicted octanol–water partition coefficient (Wildman–Crippen LogP) is 7.95. The highest BCUT2D eigenvalue weighted by Crippen LogP contribution is 2.39. The summed E-state index contributed by atoms with van der Waals surface area (Å²) in [7, 11) is 2.02. The number of fused-ring (bicyclic) bond motifs is 1. The molecule has 4 heterocycles. The van der Waals surface area contributed by atoms with Gasteiger partial charge in [0.2, 0.25) is 11.8 Å². The first-order valence-electron chi connectivity index (χ1n) is 18.9. The fraction of sp³-hybridized carbons (Fsp3) is 0.419. The molecule has 10 heteroatoms. The lowest BCUT2D eigenvalue weighted by Crippen LogP contribution is -2.55. The standard InChI is InChI=1S/C43H52N6O4/c1-31-27-49(42(50)53-43(2,3)4)26-25-48(31)28-32-21-23-47(24-22-32)37-18-12-17-35-39(45-46(5)40(35)37)36-19-20-38(51-29-33-13-8-6-9-14-33)44-41(36)52-30-34-15-10-7-11-16-34/h6-20,31-32H,21-30H2,1-5H3/t31-/m1/s1. The molecule has 278 valence electrons. The van der Waals surface area contributed by atoms with Crippen LogP contribution in [-0.2, 0) is 25.0 Å². The molecule has 2 aliphatic heterocycles. The van der Waals surface area contributed by atoms with E-state index in [9.17, 15) is 4.79 Å². The van der Waals surface area contributed by atoms with Crippen molar-refractivity contribution in [1.82, 2.24) is 24.6 Å². The van der Waals surface area contributed by atoms with Crippen molar-refractivity contribution in [3.8, 4) is 23.0 Å². The number of rotatable bonds is 10. The SMILES string of the molecule is C[C@@H]1CN(C(=O)OC(C)(C)C)CCN1CC1CCN(c2cccc3c(-c4ccc(OCc5ccccc5)nc4OCc4ccccc4)nn(C)c23)CC1. The molecule has 0 unspecified atom stereocenters. The van der Waals surface area contributed by atoms with Crippen molar-refractivity contribution < 1.29 is 19.0 Å². The van der Waals surface area contributed by atoms with Gasteiger partial charge in [0, 0.05) is 63.8 Å². The second-order valence-corrected chi connectivity index (χ2v) is 15.4. The van der Waals surface area contributed by atoms with Gasteiger partial charge in [-0.1, -0.05) is 72.8 Å². The Morgan fingerprint density at radius 1 is 0.811 bits per heavy atom. The number of nitrogens with zero attached hydrogens (tertiary/aromatic N) is 6. The van der Waals surface area contributed by atoms with Crippen molar-refractivity contribution in [1.29, 1.82) is 0 Å². The molecule has 0 saturated carbocycles. The largest absolute Gasteiger partial charge is 0.473 e. The number of para-hydroxylation sites is 1. The van der Waals surface area contributed by atoms with Crippen molar-refractivity contribution in [3.05, 3.63) is 102 Å². The van der Waals surface area contributed by atoms with E-state index >= 15 is 0 Å². The Bertz CT molecular complexity index is 1990. The highest BCUT2D eigenvalue weighted by Gasteiger charge is 2.32. The smallest absolute Gasteiger partial charge is 0.410 e. The maximum atomic E-state index is 12.7. The van der Waals surface area contributed by atoms with Gasteiger partial charge in [0.1, 0.15) is 24.5 Å². The van der Waals surface area contributed by atoms with Gasteiger partial charge in [0.05, 0.1) is 16.8 Å². The minimum atomic E-state index is -0.479. The number of pyridine rings is 1. The molecule has 53 heavy (non-hydrogen) atoms. The minimum absolute atomic E-state index is 0.207. The zero-order chi connectivity index (χ0) is 37.0. The lowest BCUT2D eigenvalue weighted by molar-refractivity contribution is 0.00308. The first-order chi connectivity index (χ1) is 25.6. The number of carbonyl (C=O) groups is 1. The Morgan fingerprint density at radius 2 is 1.49 bits per heavy atom. The average molecular weight is 717 g/mol. The molecule has 1 amide bonds. The summed E-state index contributed by atoms with van der Waals surface area (Å²) < 4.78 is 20.2. The second-order valence-electron chi connectivity index (χ2n) is 15.4. The fourth-order valence-corrected chi connectivity index (χ4v) is 7.47. The topological polar surface area (TPSA) is 85.2 Å². The Kier molecular flexibility index (Phi) is 10.9.